The van der Waals surface area contributed by atoms with Gasteiger partial charge in [0.2, 0.25) is 5.91 Å². The van der Waals surface area contributed by atoms with Crippen molar-refractivity contribution in [1.29, 1.82) is 0 Å². The van der Waals surface area contributed by atoms with Crippen molar-refractivity contribution in [3.8, 4) is 0 Å². The van der Waals surface area contributed by atoms with Gasteiger partial charge in [-0.05, 0) is 49.7 Å². The van der Waals surface area contributed by atoms with Crippen molar-refractivity contribution in [1.82, 2.24) is 5.32 Å². The van der Waals surface area contributed by atoms with Gasteiger partial charge < -0.3 is 5.32 Å². The number of carbonyl (C=O) groups is 1. The molecule has 0 saturated heterocycles. The molecule has 6 heteroatoms. The van der Waals surface area contributed by atoms with Crippen LogP contribution in [-0.4, -0.2) is 11.9 Å². The van der Waals surface area contributed by atoms with Gasteiger partial charge in [0.05, 0.1) is 16.8 Å². The van der Waals surface area contributed by atoms with Crippen LogP contribution in [0.25, 0.3) is 0 Å². The molecule has 23 heavy (non-hydrogen) atoms. The molecule has 2 rings (SSSR count). The molecule has 2 aromatic rings. The van der Waals surface area contributed by atoms with E-state index in [1.54, 1.807) is 19.1 Å². The van der Waals surface area contributed by atoms with Crippen LogP contribution in [0.3, 0.4) is 0 Å². The molecule has 2 atom stereocenters. The monoisotopic (exact) mass is 354 g/mol. The van der Waals surface area contributed by atoms with E-state index in [4.69, 9.17) is 23.2 Å². The zero-order chi connectivity index (χ0) is 17.0. The average molecular weight is 355 g/mol. The van der Waals surface area contributed by atoms with Crippen LogP contribution in [0.4, 0.5) is 10.1 Å². The van der Waals surface area contributed by atoms with Gasteiger partial charge in [0.15, 0.2) is 0 Å². The van der Waals surface area contributed by atoms with Crippen LogP contribution in [0.2, 0.25) is 10.0 Å². The molecule has 2 aromatic carbocycles. The molecule has 0 radical (unpaired) electrons. The Kier molecular flexibility index (Phi) is 5.99. The molecule has 122 valence electrons. The predicted molar refractivity (Wildman–Crippen MR) is 92.5 cm³/mol. The SMILES string of the molecule is C[C@H](N[C@H](C)c1ccc(Cl)cc1)C(=O)Nc1ccc(F)cc1Cl. The standard InChI is InChI=1S/C17H17Cl2FN2O/c1-10(12-3-5-13(18)6-4-12)21-11(2)17(23)22-16-8-7-14(20)9-15(16)19/h3-11,21H,1-2H3,(H,22,23)/t10-,11+/m1/s1. The molecule has 2 N–H and O–H groups in total. The lowest BCUT2D eigenvalue weighted by molar-refractivity contribution is -0.117. The molecule has 0 aliphatic carbocycles. The Morgan fingerprint density at radius 1 is 1.09 bits per heavy atom. The van der Waals surface area contributed by atoms with Crippen molar-refractivity contribution in [3.05, 3.63) is 63.9 Å². The second-order valence-electron chi connectivity index (χ2n) is 5.28. The summed E-state index contributed by atoms with van der Waals surface area (Å²) in [4.78, 5) is 12.2. The van der Waals surface area contributed by atoms with Crippen LogP contribution < -0.4 is 10.6 Å². The van der Waals surface area contributed by atoms with E-state index in [1.165, 1.54) is 12.1 Å². The van der Waals surface area contributed by atoms with E-state index in [0.717, 1.165) is 11.6 Å². The fourth-order valence-electron chi connectivity index (χ4n) is 2.13. The summed E-state index contributed by atoms with van der Waals surface area (Å²) in [5.74, 6) is -0.699. The lowest BCUT2D eigenvalue weighted by Crippen LogP contribution is -2.39. The normalized spacial score (nSPS) is 13.4. The summed E-state index contributed by atoms with van der Waals surface area (Å²) in [6.07, 6.45) is 0. The molecule has 3 nitrogen and oxygen atoms in total. The molecule has 0 unspecified atom stereocenters. The molecular formula is C17H17Cl2FN2O. The maximum absolute atomic E-state index is 13.0. The summed E-state index contributed by atoms with van der Waals surface area (Å²) in [7, 11) is 0. The minimum absolute atomic E-state index is 0.0308. The Labute approximate surface area is 144 Å². The Balaban J connectivity index is 1.98. The number of nitrogens with one attached hydrogen (secondary N) is 2. The van der Waals surface area contributed by atoms with Gasteiger partial charge in [-0.15, -0.1) is 0 Å². The van der Waals surface area contributed by atoms with E-state index in [1.807, 2.05) is 19.1 Å². The van der Waals surface area contributed by atoms with Crippen LogP contribution in [0, 0.1) is 5.82 Å². The summed E-state index contributed by atoms with van der Waals surface area (Å²) in [6.45, 7) is 3.71. The first-order valence-corrected chi connectivity index (χ1v) is 7.90. The van der Waals surface area contributed by atoms with Gasteiger partial charge in [0.25, 0.3) is 0 Å². The molecular weight excluding hydrogens is 338 g/mol. The predicted octanol–water partition coefficient (Wildman–Crippen LogP) is 4.81. The van der Waals surface area contributed by atoms with Gasteiger partial charge in [-0.3, -0.25) is 10.1 Å². The molecule has 0 aliphatic heterocycles. The van der Waals surface area contributed by atoms with E-state index < -0.39 is 11.9 Å². The fourth-order valence-corrected chi connectivity index (χ4v) is 2.47. The van der Waals surface area contributed by atoms with Crippen molar-refractivity contribution < 1.29 is 9.18 Å². The summed E-state index contributed by atoms with van der Waals surface area (Å²) >= 11 is 11.8. The maximum atomic E-state index is 13.0. The largest absolute Gasteiger partial charge is 0.323 e. The highest BCUT2D eigenvalue weighted by atomic mass is 35.5. The zero-order valence-electron chi connectivity index (χ0n) is 12.7. The highest BCUT2D eigenvalue weighted by Crippen LogP contribution is 2.23. The molecule has 0 aliphatic rings. The first-order valence-electron chi connectivity index (χ1n) is 7.14. The Hall–Kier alpha value is -1.62. The first-order chi connectivity index (χ1) is 10.9. The van der Waals surface area contributed by atoms with Crippen molar-refractivity contribution in [2.45, 2.75) is 25.9 Å². The van der Waals surface area contributed by atoms with Crippen molar-refractivity contribution in [2.75, 3.05) is 5.32 Å². The second-order valence-corrected chi connectivity index (χ2v) is 6.12. The van der Waals surface area contributed by atoms with Crippen LogP contribution in [-0.2, 0) is 4.79 Å². The molecule has 0 heterocycles. The average Bonchev–Trinajstić information content (AvgIpc) is 2.50. The van der Waals surface area contributed by atoms with E-state index in [9.17, 15) is 9.18 Å². The van der Waals surface area contributed by atoms with Gasteiger partial charge in [-0.2, -0.15) is 0 Å². The summed E-state index contributed by atoms with van der Waals surface area (Å²) in [5, 5.41) is 6.70. The minimum atomic E-state index is -0.457. The van der Waals surface area contributed by atoms with Crippen LogP contribution >= 0.6 is 23.2 Å². The number of hydrogen-bond donors (Lipinski definition) is 2. The van der Waals surface area contributed by atoms with E-state index in [2.05, 4.69) is 10.6 Å². The molecule has 0 spiro atoms. The number of rotatable bonds is 5. The van der Waals surface area contributed by atoms with Crippen LogP contribution in [0.5, 0.6) is 0 Å². The summed E-state index contributed by atoms with van der Waals surface area (Å²) in [6, 6.07) is 10.8. The second kappa shape index (κ2) is 7.77. The number of carbonyl (C=O) groups excluding carboxylic acids is 1. The maximum Gasteiger partial charge on any atom is 0.241 e. The lowest BCUT2D eigenvalue weighted by Gasteiger charge is -2.20. The minimum Gasteiger partial charge on any atom is -0.323 e. The lowest BCUT2D eigenvalue weighted by atomic mass is 10.1. The van der Waals surface area contributed by atoms with Crippen LogP contribution in [0.1, 0.15) is 25.5 Å². The van der Waals surface area contributed by atoms with E-state index in [-0.39, 0.29) is 17.0 Å². The topological polar surface area (TPSA) is 41.1 Å². The van der Waals surface area contributed by atoms with Gasteiger partial charge in [-0.25, -0.2) is 4.39 Å². The van der Waals surface area contributed by atoms with Crippen molar-refractivity contribution in [3.63, 3.8) is 0 Å². The Bertz CT molecular complexity index is 691. The number of hydrogen-bond acceptors (Lipinski definition) is 2. The molecule has 0 bridgehead atoms. The quantitative estimate of drug-likeness (QED) is 0.808. The van der Waals surface area contributed by atoms with Crippen molar-refractivity contribution in [2.24, 2.45) is 0 Å². The molecule has 0 aromatic heterocycles. The first kappa shape index (κ1) is 17.7. The highest BCUT2D eigenvalue weighted by Gasteiger charge is 2.17. The third kappa shape index (κ3) is 4.93. The zero-order valence-corrected chi connectivity index (χ0v) is 14.3. The van der Waals surface area contributed by atoms with E-state index in [0.29, 0.717) is 10.7 Å². The fraction of sp³-hybridized carbons (Fsp3) is 0.235. The Morgan fingerprint density at radius 3 is 2.35 bits per heavy atom. The molecule has 1 amide bonds. The van der Waals surface area contributed by atoms with Crippen molar-refractivity contribution >= 4 is 34.8 Å². The van der Waals surface area contributed by atoms with Gasteiger partial charge in [-0.1, -0.05) is 35.3 Å². The van der Waals surface area contributed by atoms with E-state index >= 15 is 0 Å². The molecule has 0 saturated carbocycles. The third-order valence-electron chi connectivity index (χ3n) is 3.45. The highest BCUT2D eigenvalue weighted by molar-refractivity contribution is 6.33. The number of anilines is 1. The number of amides is 1. The smallest absolute Gasteiger partial charge is 0.241 e. The molecule has 0 fully saturated rings. The number of halogens is 3. The third-order valence-corrected chi connectivity index (χ3v) is 4.02. The number of benzene rings is 2. The van der Waals surface area contributed by atoms with Gasteiger partial charge in [0.1, 0.15) is 5.82 Å². The Morgan fingerprint density at radius 2 is 1.74 bits per heavy atom. The summed E-state index contributed by atoms with van der Waals surface area (Å²) in [5.41, 5.74) is 1.40. The van der Waals surface area contributed by atoms with Gasteiger partial charge >= 0.3 is 0 Å². The van der Waals surface area contributed by atoms with Crippen LogP contribution in [0.15, 0.2) is 42.5 Å². The van der Waals surface area contributed by atoms with Gasteiger partial charge in [0, 0.05) is 11.1 Å². The summed E-state index contributed by atoms with van der Waals surface area (Å²) < 4.78 is 13.0.